The molecule has 1 amide bonds. The number of halogens is 1. The maximum Gasteiger partial charge on any atom is 0.231 e. The summed E-state index contributed by atoms with van der Waals surface area (Å²) >= 11 is 0. The molecule has 0 heterocycles. The molecule has 1 atom stereocenters. The first-order valence-corrected chi connectivity index (χ1v) is 5.79. The second-order valence-electron chi connectivity index (χ2n) is 3.92. The number of anilines is 1. The van der Waals surface area contributed by atoms with E-state index in [1.54, 1.807) is 12.0 Å². The van der Waals surface area contributed by atoms with Crippen molar-refractivity contribution in [3.63, 3.8) is 0 Å². The molecule has 18 heavy (non-hydrogen) atoms. The van der Waals surface area contributed by atoms with E-state index < -0.39 is 0 Å². The van der Waals surface area contributed by atoms with Gasteiger partial charge in [-0.15, -0.1) is 12.4 Å². The van der Waals surface area contributed by atoms with Crippen LogP contribution in [0.4, 0.5) is 5.69 Å². The average molecular weight is 273 g/mol. The Kier molecular flexibility index (Phi) is 7.39. The molecule has 0 saturated carbocycles. The fourth-order valence-corrected chi connectivity index (χ4v) is 1.59. The molecule has 0 spiro atoms. The van der Waals surface area contributed by atoms with Crippen LogP contribution in [0.3, 0.4) is 0 Å². The van der Waals surface area contributed by atoms with E-state index in [2.05, 4.69) is 0 Å². The molecule has 0 saturated heterocycles. The Balaban J connectivity index is 0.00000289. The van der Waals surface area contributed by atoms with Crippen molar-refractivity contribution >= 4 is 24.0 Å². The fraction of sp³-hybridized carbons (Fsp3) is 0.462. The molecule has 0 fully saturated rings. The summed E-state index contributed by atoms with van der Waals surface area (Å²) in [5.41, 5.74) is 6.40. The Morgan fingerprint density at radius 2 is 1.94 bits per heavy atom. The summed E-state index contributed by atoms with van der Waals surface area (Å²) < 4.78 is 5.09. The number of ether oxygens (including phenoxy) is 1. The Labute approximate surface area is 115 Å². The topological polar surface area (TPSA) is 55.6 Å². The Morgan fingerprint density at radius 1 is 1.39 bits per heavy atom. The number of carbonyl (C=O) groups excluding carboxylic acids is 1. The van der Waals surface area contributed by atoms with E-state index in [0.717, 1.165) is 11.4 Å². The molecule has 1 unspecified atom stereocenters. The lowest BCUT2D eigenvalue weighted by Gasteiger charge is -2.24. The van der Waals surface area contributed by atoms with Crippen LogP contribution >= 0.6 is 12.4 Å². The molecular weight excluding hydrogens is 252 g/mol. The van der Waals surface area contributed by atoms with Gasteiger partial charge in [0.05, 0.1) is 7.11 Å². The first kappa shape index (κ1) is 16.7. The summed E-state index contributed by atoms with van der Waals surface area (Å²) in [6.45, 7) is 4.79. The van der Waals surface area contributed by atoms with E-state index >= 15 is 0 Å². The second kappa shape index (κ2) is 7.95. The minimum Gasteiger partial charge on any atom is -0.497 e. The van der Waals surface area contributed by atoms with Crippen LogP contribution in [0.5, 0.6) is 5.75 Å². The number of hydrogen-bond acceptors (Lipinski definition) is 3. The summed E-state index contributed by atoms with van der Waals surface area (Å²) in [5.74, 6) is 0.682. The molecule has 1 rings (SSSR count). The summed E-state index contributed by atoms with van der Waals surface area (Å²) in [4.78, 5) is 13.8. The lowest BCUT2D eigenvalue weighted by Crippen LogP contribution is -2.37. The van der Waals surface area contributed by atoms with Crippen molar-refractivity contribution in [2.24, 2.45) is 11.7 Å². The quantitative estimate of drug-likeness (QED) is 0.893. The number of amides is 1. The van der Waals surface area contributed by atoms with E-state index in [-0.39, 0.29) is 24.2 Å². The Bertz CT molecular complexity index is 368. The Hall–Kier alpha value is -1.26. The van der Waals surface area contributed by atoms with E-state index in [1.165, 1.54) is 0 Å². The SMILES string of the molecule is CCN(C(=O)C(C)CN)c1ccc(OC)cc1.Cl. The molecule has 0 aliphatic rings. The van der Waals surface area contributed by atoms with Gasteiger partial charge in [0.25, 0.3) is 0 Å². The van der Waals surface area contributed by atoms with Gasteiger partial charge < -0.3 is 15.4 Å². The smallest absolute Gasteiger partial charge is 0.231 e. The lowest BCUT2D eigenvalue weighted by atomic mass is 10.1. The Morgan fingerprint density at radius 3 is 2.33 bits per heavy atom. The van der Waals surface area contributed by atoms with Crippen molar-refractivity contribution in [1.82, 2.24) is 0 Å². The van der Waals surface area contributed by atoms with Crippen molar-refractivity contribution in [3.8, 4) is 5.75 Å². The maximum absolute atomic E-state index is 12.1. The van der Waals surface area contributed by atoms with Gasteiger partial charge in [-0.2, -0.15) is 0 Å². The zero-order valence-electron chi connectivity index (χ0n) is 11.1. The van der Waals surface area contributed by atoms with Gasteiger partial charge in [-0.05, 0) is 31.2 Å². The van der Waals surface area contributed by atoms with Crippen LogP contribution in [-0.4, -0.2) is 26.1 Å². The summed E-state index contributed by atoms with van der Waals surface area (Å²) in [7, 11) is 1.62. The van der Waals surface area contributed by atoms with Crippen LogP contribution in [0, 0.1) is 5.92 Å². The lowest BCUT2D eigenvalue weighted by molar-refractivity contribution is -0.121. The van der Waals surface area contributed by atoms with Gasteiger partial charge in [0.2, 0.25) is 5.91 Å². The average Bonchev–Trinajstić information content (AvgIpc) is 2.39. The minimum absolute atomic E-state index is 0. The molecule has 1 aromatic rings. The van der Waals surface area contributed by atoms with Gasteiger partial charge >= 0.3 is 0 Å². The van der Waals surface area contributed by atoms with Crippen LogP contribution in [0.25, 0.3) is 0 Å². The second-order valence-corrected chi connectivity index (χ2v) is 3.92. The zero-order valence-corrected chi connectivity index (χ0v) is 11.9. The van der Waals surface area contributed by atoms with Crippen molar-refractivity contribution < 1.29 is 9.53 Å². The van der Waals surface area contributed by atoms with Crippen LogP contribution in [0.1, 0.15) is 13.8 Å². The van der Waals surface area contributed by atoms with E-state index in [0.29, 0.717) is 13.1 Å². The highest BCUT2D eigenvalue weighted by Gasteiger charge is 2.19. The van der Waals surface area contributed by atoms with Crippen LogP contribution in [-0.2, 0) is 4.79 Å². The normalized spacial score (nSPS) is 11.3. The number of benzene rings is 1. The van der Waals surface area contributed by atoms with Crippen LogP contribution in [0.15, 0.2) is 24.3 Å². The standard InChI is InChI=1S/C13H20N2O2.ClH/c1-4-15(13(16)10(2)9-14)11-5-7-12(17-3)8-6-11;/h5-8,10H,4,9,14H2,1-3H3;1H. The molecule has 0 radical (unpaired) electrons. The highest BCUT2D eigenvalue weighted by atomic mass is 35.5. The molecule has 0 bridgehead atoms. The van der Waals surface area contributed by atoms with E-state index in [4.69, 9.17) is 10.5 Å². The van der Waals surface area contributed by atoms with Crippen molar-refractivity contribution in [2.45, 2.75) is 13.8 Å². The molecule has 102 valence electrons. The summed E-state index contributed by atoms with van der Waals surface area (Å²) in [6, 6.07) is 7.45. The van der Waals surface area contributed by atoms with Gasteiger partial charge in [0.1, 0.15) is 5.75 Å². The molecule has 0 aliphatic heterocycles. The van der Waals surface area contributed by atoms with Crippen LogP contribution < -0.4 is 15.4 Å². The van der Waals surface area contributed by atoms with E-state index in [1.807, 2.05) is 38.1 Å². The predicted octanol–water partition coefficient (Wildman–Crippen LogP) is 2.06. The third-order valence-electron chi connectivity index (χ3n) is 2.74. The molecule has 2 N–H and O–H groups in total. The number of carbonyl (C=O) groups is 1. The van der Waals surface area contributed by atoms with E-state index in [9.17, 15) is 4.79 Å². The highest BCUT2D eigenvalue weighted by Crippen LogP contribution is 2.20. The van der Waals surface area contributed by atoms with Crippen molar-refractivity contribution in [2.75, 3.05) is 25.1 Å². The summed E-state index contributed by atoms with van der Waals surface area (Å²) in [5, 5.41) is 0. The molecule has 4 nitrogen and oxygen atoms in total. The predicted molar refractivity (Wildman–Crippen MR) is 76.5 cm³/mol. The van der Waals surface area contributed by atoms with Gasteiger partial charge in [0, 0.05) is 24.7 Å². The van der Waals surface area contributed by atoms with Crippen LogP contribution in [0.2, 0.25) is 0 Å². The van der Waals surface area contributed by atoms with Crippen molar-refractivity contribution in [3.05, 3.63) is 24.3 Å². The zero-order chi connectivity index (χ0) is 12.8. The van der Waals surface area contributed by atoms with Crippen molar-refractivity contribution in [1.29, 1.82) is 0 Å². The highest BCUT2D eigenvalue weighted by molar-refractivity contribution is 5.94. The largest absolute Gasteiger partial charge is 0.497 e. The van der Waals surface area contributed by atoms with Gasteiger partial charge in [-0.3, -0.25) is 4.79 Å². The number of hydrogen-bond donors (Lipinski definition) is 1. The van der Waals surface area contributed by atoms with Gasteiger partial charge in [-0.1, -0.05) is 6.92 Å². The molecular formula is C13H21ClN2O2. The van der Waals surface area contributed by atoms with Gasteiger partial charge in [0.15, 0.2) is 0 Å². The third kappa shape index (κ3) is 3.89. The molecule has 0 aliphatic carbocycles. The fourth-order valence-electron chi connectivity index (χ4n) is 1.59. The van der Waals surface area contributed by atoms with Gasteiger partial charge in [-0.25, -0.2) is 0 Å². The number of nitrogens with zero attached hydrogens (tertiary/aromatic N) is 1. The molecule has 1 aromatic carbocycles. The molecule has 5 heteroatoms. The summed E-state index contributed by atoms with van der Waals surface area (Å²) in [6.07, 6.45) is 0. The number of rotatable bonds is 5. The number of methoxy groups -OCH3 is 1. The minimum atomic E-state index is -0.156. The monoisotopic (exact) mass is 272 g/mol. The first-order valence-electron chi connectivity index (χ1n) is 5.79. The molecule has 0 aromatic heterocycles. The third-order valence-corrected chi connectivity index (χ3v) is 2.74. The number of nitrogens with two attached hydrogens (primary N) is 1. The maximum atomic E-state index is 12.1. The first-order chi connectivity index (χ1) is 8.13.